The van der Waals surface area contributed by atoms with Crippen LogP contribution in [0.4, 0.5) is 0 Å². The third-order valence-corrected chi connectivity index (χ3v) is 2.86. The second-order valence-corrected chi connectivity index (χ2v) is 3.99. The Morgan fingerprint density at radius 2 is 2.00 bits per heavy atom. The standard InChI is InChI=1S/C11H8BrNO2/c1-7-2-4-8(5-3-7)11-10(12)9(6-14)15-13-11/h2-6H,1H3. The Labute approximate surface area is 95.2 Å². The van der Waals surface area contributed by atoms with Gasteiger partial charge in [-0.15, -0.1) is 0 Å². The number of benzene rings is 1. The molecule has 2 aromatic rings. The van der Waals surface area contributed by atoms with E-state index < -0.39 is 0 Å². The van der Waals surface area contributed by atoms with Crippen molar-refractivity contribution >= 4 is 22.2 Å². The summed E-state index contributed by atoms with van der Waals surface area (Å²) in [5, 5.41) is 3.83. The van der Waals surface area contributed by atoms with Crippen LogP contribution in [0.5, 0.6) is 0 Å². The third-order valence-electron chi connectivity index (χ3n) is 2.09. The predicted octanol–water partition coefficient (Wildman–Crippen LogP) is 3.23. The highest BCUT2D eigenvalue weighted by Gasteiger charge is 2.13. The smallest absolute Gasteiger partial charge is 0.214 e. The number of carbonyl (C=O) groups excluding carboxylic acids is 1. The van der Waals surface area contributed by atoms with Crippen LogP contribution in [0.2, 0.25) is 0 Å². The Kier molecular flexibility index (Phi) is 2.68. The van der Waals surface area contributed by atoms with Gasteiger partial charge in [0.2, 0.25) is 5.76 Å². The molecule has 3 nitrogen and oxygen atoms in total. The fourth-order valence-corrected chi connectivity index (χ4v) is 1.72. The molecule has 0 N–H and O–H groups in total. The van der Waals surface area contributed by atoms with Crippen LogP contribution < -0.4 is 0 Å². The molecule has 0 radical (unpaired) electrons. The minimum absolute atomic E-state index is 0.213. The average molecular weight is 266 g/mol. The number of aryl methyl sites for hydroxylation is 1. The highest BCUT2D eigenvalue weighted by atomic mass is 79.9. The summed E-state index contributed by atoms with van der Waals surface area (Å²) in [7, 11) is 0. The van der Waals surface area contributed by atoms with E-state index in [9.17, 15) is 4.79 Å². The summed E-state index contributed by atoms with van der Waals surface area (Å²) in [4.78, 5) is 10.6. The quantitative estimate of drug-likeness (QED) is 0.784. The van der Waals surface area contributed by atoms with Gasteiger partial charge in [0, 0.05) is 5.56 Å². The van der Waals surface area contributed by atoms with Crippen LogP contribution in [0.15, 0.2) is 33.3 Å². The number of hydrogen-bond acceptors (Lipinski definition) is 3. The van der Waals surface area contributed by atoms with Crippen molar-refractivity contribution in [2.45, 2.75) is 6.92 Å². The van der Waals surface area contributed by atoms with Crippen molar-refractivity contribution in [1.82, 2.24) is 5.16 Å². The van der Waals surface area contributed by atoms with E-state index in [0.717, 1.165) is 5.56 Å². The van der Waals surface area contributed by atoms with Gasteiger partial charge < -0.3 is 4.52 Å². The number of halogens is 1. The molecule has 1 aromatic carbocycles. The van der Waals surface area contributed by atoms with E-state index in [4.69, 9.17) is 4.52 Å². The molecule has 4 heteroatoms. The zero-order chi connectivity index (χ0) is 10.8. The van der Waals surface area contributed by atoms with Crippen molar-refractivity contribution in [3.63, 3.8) is 0 Å². The zero-order valence-corrected chi connectivity index (χ0v) is 9.61. The maximum atomic E-state index is 10.6. The van der Waals surface area contributed by atoms with Gasteiger partial charge in [0.25, 0.3) is 0 Å². The Hall–Kier alpha value is -1.42. The van der Waals surface area contributed by atoms with Crippen LogP contribution in [0.3, 0.4) is 0 Å². The minimum Gasteiger partial charge on any atom is -0.352 e. The van der Waals surface area contributed by atoms with Gasteiger partial charge in [0.05, 0.1) is 4.47 Å². The van der Waals surface area contributed by atoms with Gasteiger partial charge in [-0.25, -0.2) is 0 Å². The molecule has 0 aliphatic heterocycles. The van der Waals surface area contributed by atoms with E-state index in [0.29, 0.717) is 16.5 Å². The fourth-order valence-electron chi connectivity index (χ4n) is 1.26. The van der Waals surface area contributed by atoms with Crippen LogP contribution in [-0.4, -0.2) is 11.4 Å². The molecule has 0 saturated heterocycles. The monoisotopic (exact) mass is 265 g/mol. The molecule has 1 aromatic heterocycles. The van der Waals surface area contributed by atoms with Gasteiger partial charge in [-0.1, -0.05) is 35.0 Å². The highest BCUT2D eigenvalue weighted by molar-refractivity contribution is 9.10. The lowest BCUT2D eigenvalue weighted by molar-refractivity contribution is 0.109. The van der Waals surface area contributed by atoms with Crippen molar-refractivity contribution in [3.05, 3.63) is 40.1 Å². The number of hydrogen-bond donors (Lipinski definition) is 0. The highest BCUT2D eigenvalue weighted by Crippen LogP contribution is 2.29. The topological polar surface area (TPSA) is 43.1 Å². The van der Waals surface area contributed by atoms with Gasteiger partial charge in [-0.3, -0.25) is 4.79 Å². The number of nitrogens with zero attached hydrogens (tertiary/aromatic N) is 1. The van der Waals surface area contributed by atoms with Gasteiger partial charge in [0.15, 0.2) is 6.29 Å². The zero-order valence-electron chi connectivity index (χ0n) is 8.03. The van der Waals surface area contributed by atoms with E-state index >= 15 is 0 Å². The van der Waals surface area contributed by atoms with Gasteiger partial charge in [0.1, 0.15) is 5.69 Å². The normalized spacial score (nSPS) is 10.3. The maximum Gasteiger partial charge on any atom is 0.214 e. The van der Waals surface area contributed by atoms with Gasteiger partial charge >= 0.3 is 0 Å². The van der Waals surface area contributed by atoms with Crippen LogP contribution in [-0.2, 0) is 0 Å². The van der Waals surface area contributed by atoms with E-state index in [1.807, 2.05) is 31.2 Å². The molecule has 0 aliphatic rings. The first kappa shape index (κ1) is 10.1. The lowest BCUT2D eigenvalue weighted by atomic mass is 10.1. The second kappa shape index (κ2) is 3.98. The first-order chi connectivity index (χ1) is 7.22. The van der Waals surface area contributed by atoms with Crippen molar-refractivity contribution in [1.29, 1.82) is 0 Å². The Balaban J connectivity index is 2.49. The Morgan fingerprint density at radius 1 is 1.33 bits per heavy atom. The summed E-state index contributed by atoms with van der Waals surface area (Å²) >= 11 is 3.28. The Morgan fingerprint density at radius 3 is 2.53 bits per heavy atom. The predicted molar refractivity (Wildman–Crippen MR) is 59.8 cm³/mol. The van der Waals surface area contributed by atoms with Crippen molar-refractivity contribution in [2.75, 3.05) is 0 Å². The summed E-state index contributed by atoms with van der Waals surface area (Å²) in [5.74, 6) is 0.213. The molecule has 0 spiro atoms. The molecular formula is C11H8BrNO2. The van der Waals surface area contributed by atoms with E-state index in [-0.39, 0.29) is 5.76 Å². The Bertz CT molecular complexity index is 488. The van der Waals surface area contributed by atoms with Crippen LogP contribution in [0.25, 0.3) is 11.3 Å². The SMILES string of the molecule is Cc1ccc(-c2noc(C=O)c2Br)cc1. The molecule has 0 aliphatic carbocycles. The molecule has 0 amide bonds. The molecule has 0 bridgehead atoms. The number of aromatic nitrogens is 1. The van der Waals surface area contributed by atoms with Crippen molar-refractivity contribution in [3.8, 4) is 11.3 Å². The molecule has 76 valence electrons. The lowest BCUT2D eigenvalue weighted by Gasteiger charge is -1.96. The number of rotatable bonds is 2. The minimum atomic E-state index is 0.213. The summed E-state index contributed by atoms with van der Waals surface area (Å²) < 4.78 is 5.46. The summed E-state index contributed by atoms with van der Waals surface area (Å²) in [6.45, 7) is 2.01. The maximum absolute atomic E-state index is 10.6. The van der Waals surface area contributed by atoms with E-state index in [1.165, 1.54) is 5.56 Å². The first-order valence-corrected chi connectivity index (χ1v) is 5.19. The molecule has 1 heterocycles. The van der Waals surface area contributed by atoms with Gasteiger partial charge in [-0.2, -0.15) is 0 Å². The number of aldehydes is 1. The molecule has 2 rings (SSSR count). The van der Waals surface area contributed by atoms with Crippen LogP contribution in [0, 0.1) is 6.92 Å². The molecular weight excluding hydrogens is 258 g/mol. The van der Waals surface area contributed by atoms with E-state index in [1.54, 1.807) is 0 Å². The molecule has 0 atom stereocenters. The average Bonchev–Trinajstić information content (AvgIpc) is 2.61. The molecule has 15 heavy (non-hydrogen) atoms. The van der Waals surface area contributed by atoms with Crippen molar-refractivity contribution in [2.24, 2.45) is 0 Å². The third kappa shape index (κ3) is 1.85. The lowest BCUT2D eigenvalue weighted by Crippen LogP contribution is -1.80. The van der Waals surface area contributed by atoms with E-state index in [2.05, 4.69) is 21.1 Å². The van der Waals surface area contributed by atoms with Crippen LogP contribution in [0.1, 0.15) is 16.1 Å². The second-order valence-electron chi connectivity index (χ2n) is 3.19. The van der Waals surface area contributed by atoms with Crippen molar-refractivity contribution < 1.29 is 9.32 Å². The first-order valence-electron chi connectivity index (χ1n) is 4.40. The summed E-state index contributed by atoms with van der Waals surface area (Å²) in [6, 6.07) is 7.84. The molecule has 0 saturated carbocycles. The molecule has 0 fully saturated rings. The number of carbonyl (C=O) groups is 1. The molecule has 0 unspecified atom stereocenters. The largest absolute Gasteiger partial charge is 0.352 e. The van der Waals surface area contributed by atoms with Crippen LogP contribution >= 0.6 is 15.9 Å². The van der Waals surface area contributed by atoms with Gasteiger partial charge in [-0.05, 0) is 22.9 Å². The summed E-state index contributed by atoms with van der Waals surface area (Å²) in [6.07, 6.45) is 0.634. The fraction of sp³-hybridized carbons (Fsp3) is 0.0909. The summed E-state index contributed by atoms with van der Waals surface area (Å²) in [5.41, 5.74) is 2.75.